The van der Waals surface area contributed by atoms with Crippen LogP contribution in [-0.4, -0.2) is 23.9 Å². The van der Waals surface area contributed by atoms with Gasteiger partial charge in [-0.1, -0.05) is 103 Å². The molecule has 14 aromatic rings. The van der Waals surface area contributed by atoms with Gasteiger partial charge in [0.1, 0.15) is 11.2 Å². The first-order valence-electron chi connectivity index (χ1n) is 19.4. The molecule has 6 nitrogen and oxygen atoms in total. The minimum absolute atomic E-state index is 0.565. The summed E-state index contributed by atoms with van der Waals surface area (Å²) in [5.74, 6) is 1.77. The summed E-state index contributed by atoms with van der Waals surface area (Å²) in [4.78, 5) is 15.4. The average Bonchev–Trinajstić information content (AvgIpc) is 4.02. The summed E-state index contributed by atoms with van der Waals surface area (Å²) in [5, 5.41) is 9.92. The Hall–Kier alpha value is -7.61. The molecule has 0 aliphatic rings. The standard InChI is InChI=1S/C51H27N5OS/c1-2-11-28(12-3-1)49-52-50(54-51(53-49)35-18-9-17-34-32-16-5-7-22-40(32)57-48(34)35)29-13-8-14-30(27-29)55-37-20-10-21-38-43(37)44-39(55)24-26-41-45(44)46-42(58-41)25-23-33-31-15-4-6-19-36(31)56(38)47(33)46/h1-27H. The Morgan fingerprint density at radius 3 is 2.03 bits per heavy atom. The highest BCUT2D eigenvalue weighted by Crippen LogP contribution is 2.50. The Kier molecular flexibility index (Phi) is 5.82. The molecular formula is C51H27N5OS. The summed E-state index contributed by atoms with van der Waals surface area (Å²) in [7, 11) is 0. The van der Waals surface area contributed by atoms with E-state index < -0.39 is 0 Å². The van der Waals surface area contributed by atoms with Gasteiger partial charge in [-0.15, -0.1) is 11.3 Å². The fourth-order valence-corrected chi connectivity index (χ4v) is 10.8. The van der Waals surface area contributed by atoms with Crippen molar-refractivity contribution < 1.29 is 4.42 Å². The second-order valence-electron chi connectivity index (χ2n) is 15.1. The van der Waals surface area contributed by atoms with E-state index in [0.29, 0.717) is 17.5 Å². The highest BCUT2D eigenvalue weighted by atomic mass is 32.1. The van der Waals surface area contributed by atoms with Gasteiger partial charge in [0.25, 0.3) is 0 Å². The van der Waals surface area contributed by atoms with Crippen molar-refractivity contribution in [2.75, 3.05) is 0 Å². The van der Waals surface area contributed by atoms with E-state index in [1.54, 1.807) is 0 Å². The molecule has 0 radical (unpaired) electrons. The summed E-state index contributed by atoms with van der Waals surface area (Å²) in [6.45, 7) is 0. The quantitative estimate of drug-likeness (QED) is 0.179. The van der Waals surface area contributed by atoms with E-state index in [-0.39, 0.29) is 0 Å². The second kappa shape index (κ2) is 11.0. The van der Waals surface area contributed by atoms with Crippen molar-refractivity contribution in [2.24, 2.45) is 0 Å². The topological polar surface area (TPSA) is 61.2 Å². The molecule has 0 unspecified atom stereocenters. The van der Waals surface area contributed by atoms with E-state index in [4.69, 9.17) is 19.4 Å². The monoisotopic (exact) mass is 757 g/mol. The number of furan rings is 1. The van der Waals surface area contributed by atoms with Gasteiger partial charge in [0.15, 0.2) is 17.5 Å². The lowest BCUT2D eigenvalue weighted by atomic mass is 10.0. The van der Waals surface area contributed by atoms with Crippen LogP contribution in [-0.2, 0) is 0 Å². The average molecular weight is 758 g/mol. The summed E-state index contributed by atoms with van der Waals surface area (Å²) in [5.41, 5.74) is 11.4. The van der Waals surface area contributed by atoms with Crippen molar-refractivity contribution in [1.29, 1.82) is 0 Å². The largest absolute Gasteiger partial charge is 0.455 e. The molecule has 0 atom stereocenters. The number of aromatic nitrogens is 5. The van der Waals surface area contributed by atoms with Crippen LogP contribution in [0.1, 0.15) is 0 Å². The third kappa shape index (κ3) is 3.93. The molecule has 7 heteroatoms. The molecule has 0 aliphatic heterocycles. The Balaban J connectivity index is 1.04. The number of fused-ring (bicyclic) bond motifs is 7. The zero-order valence-corrected chi connectivity index (χ0v) is 31.5. The van der Waals surface area contributed by atoms with Gasteiger partial charge in [-0.2, -0.15) is 0 Å². The van der Waals surface area contributed by atoms with Crippen LogP contribution in [0.2, 0.25) is 0 Å². The highest BCUT2D eigenvalue weighted by Gasteiger charge is 2.26. The molecule has 268 valence electrons. The molecule has 0 fully saturated rings. The number of hydrogen-bond acceptors (Lipinski definition) is 5. The van der Waals surface area contributed by atoms with Crippen molar-refractivity contribution in [2.45, 2.75) is 0 Å². The lowest BCUT2D eigenvalue weighted by Gasteiger charge is -2.12. The number of thiophene rings is 1. The zero-order chi connectivity index (χ0) is 37.6. The van der Waals surface area contributed by atoms with Crippen LogP contribution in [0, 0.1) is 0 Å². The van der Waals surface area contributed by atoms with Crippen molar-refractivity contribution in [3.8, 4) is 39.9 Å². The van der Waals surface area contributed by atoms with Gasteiger partial charge in [0.2, 0.25) is 0 Å². The van der Waals surface area contributed by atoms with E-state index in [1.807, 2.05) is 65.9 Å². The first-order valence-corrected chi connectivity index (χ1v) is 20.3. The molecule has 6 heterocycles. The van der Waals surface area contributed by atoms with Crippen LogP contribution >= 0.6 is 11.3 Å². The molecule has 0 amide bonds. The van der Waals surface area contributed by atoms with E-state index in [9.17, 15) is 0 Å². The minimum atomic E-state index is 0.565. The number of nitrogens with zero attached hydrogens (tertiary/aromatic N) is 5. The van der Waals surface area contributed by atoms with Crippen LogP contribution in [0.4, 0.5) is 0 Å². The van der Waals surface area contributed by atoms with E-state index in [0.717, 1.165) is 49.8 Å². The molecular weight excluding hydrogens is 731 g/mol. The maximum atomic E-state index is 6.48. The summed E-state index contributed by atoms with van der Waals surface area (Å²) >= 11 is 1.89. The number of hydrogen-bond donors (Lipinski definition) is 0. The normalized spacial score (nSPS) is 12.5. The maximum Gasteiger partial charge on any atom is 0.167 e. The van der Waals surface area contributed by atoms with Crippen LogP contribution in [0.25, 0.3) is 131 Å². The number of benzene rings is 8. The Morgan fingerprint density at radius 1 is 0.431 bits per heavy atom. The van der Waals surface area contributed by atoms with Gasteiger partial charge in [0.05, 0.1) is 33.1 Å². The third-order valence-electron chi connectivity index (χ3n) is 12.1. The van der Waals surface area contributed by atoms with E-state index >= 15 is 0 Å². The van der Waals surface area contributed by atoms with Crippen LogP contribution in [0.5, 0.6) is 0 Å². The van der Waals surface area contributed by atoms with Gasteiger partial charge in [-0.05, 0) is 60.7 Å². The summed E-state index contributed by atoms with van der Waals surface area (Å²) in [6.07, 6.45) is 0. The zero-order valence-electron chi connectivity index (χ0n) is 30.6. The second-order valence-corrected chi connectivity index (χ2v) is 16.2. The molecule has 0 spiro atoms. The number of rotatable bonds is 4. The van der Waals surface area contributed by atoms with Crippen molar-refractivity contribution in [1.82, 2.24) is 23.9 Å². The third-order valence-corrected chi connectivity index (χ3v) is 13.2. The summed E-state index contributed by atoms with van der Waals surface area (Å²) < 4.78 is 14.0. The fourth-order valence-electron chi connectivity index (χ4n) is 9.69. The van der Waals surface area contributed by atoms with Gasteiger partial charge in [-0.3, -0.25) is 0 Å². The van der Waals surface area contributed by atoms with E-state index in [2.05, 4.69) is 118 Å². The van der Waals surface area contributed by atoms with Gasteiger partial charge in [-0.25, -0.2) is 15.0 Å². The Bertz CT molecular complexity index is 3980. The predicted octanol–water partition coefficient (Wildman–Crippen LogP) is 13.7. The Labute approximate surface area is 333 Å². The van der Waals surface area contributed by atoms with Gasteiger partial charge in [0, 0.05) is 69.3 Å². The molecule has 0 N–H and O–H groups in total. The number of para-hydroxylation sites is 3. The molecule has 0 saturated heterocycles. The minimum Gasteiger partial charge on any atom is -0.455 e. The maximum absolute atomic E-state index is 6.48. The fraction of sp³-hybridized carbons (Fsp3) is 0. The first kappa shape index (κ1) is 30.6. The highest BCUT2D eigenvalue weighted by molar-refractivity contribution is 7.26. The smallest absolute Gasteiger partial charge is 0.167 e. The molecule has 8 aromatic carbocycles. The van der Waals surface area contributed by atoms with Crippen LogP contribution < -0.4 is 0 Å². The molecule has 6 aromatic heterocycles. The molecule has 58 heavy (non-hydrogen) atoms. The molecule has 0 bridgehead atoms. The molecule has 0 aliphatic carbocycles. The Morgan fingerprint density at radius 2 is 1.10 bits per heavy atom. The van der Waals surface area contributed by atoms with Gasteiger partial charge >= 0.3 is 0 Å². The lowest BCUT2D eigenvalue weighted by Crippen LogP contribution is -2.01. The molecule has 0 saturated carbocycles. The van der Waals surface area contributed by atoms with E-state index in [1.165, 1.54) is 63.8 Å². The predicted molar refractivity (Wildman–Crippen MR) is 239 cm³/mol. The van der Waals surface area contributed by atoms with Crippen molar-refractivity contribution in [3.63, 3.8) is 0 Å². The van der Waals surface area contributed by atoms with Crippen molar-refractivity contribution in [3.05, 3.63) is 164 Å². The SMILES string of the molecule is c1ccc(-c2nc(-c3cccc(-n4c5ccc6sc7ccc8c9ccccc9n9c%10cccc4c%10c5c6c7c89)c3)nc(-c3cccc4c3oc3ccccc34)n2)cc1. The van der Waals surface area contributed by atoms with Gasteiger partial charge < -0.3 is 13.4 Å². The van der Waals surface area contributed by atoms with Crippen molar-refractivity contribution >= 4 is 103 Å². The van der Waals surface area contributed by atoms with Crippen LogP contribution in [0.15, 0.2) is 168 Å². The molecule has 14 rings (SSSR count). The van der Waals surface area contributed by atoms with Crippen LogP contribution in [0.3, 0.4) is 0 Å². The first-order chi connectivity index (χ1) is 28.8. The lowest BCUT2D eigenvalue weighted by molar-refractivity contribution is 0.669. The summed E-state index contributed by atoms with van der Waals surface area (Å²) in [6, 6.07) is 57.9.